The third kappa shape index (κ3) is 3.00. The second kappa shape index (κ2) is 4.33. The molecule has 2 aromatic heterocycles. The fourth-order valence-corrected chi connectivity index (χ4v) is 1.67. The van der Waals surface area contributed by atoms with Gasteiger partial charge in [0.15, 0.2) is 0 Å². The van der Waals surface area contributed by atoms with Crippen LogP contribution in [-0.4, -0.2) is 21.0 Å². The van der Waals surface area contributed by atoms with Gasteiger partial charge in [0.05, 0.1) is 12.1 Å². The summed E-state index contributed by atoms with van der Waals surface area (Å²) in [5, 5.41) is 0. The molecule has 0 saturated carbocycles. The van der Waals surface area contributed by atoms with Crippen molar-refractivity contribution in [2.45, 2.75) is 32.8 Å². The van der Waals surface area contributed by atoms with Crippen molar-refractivity contribution in [3.8, 4) is 0 Å². The Morgan fingerprint density at radius 1 is 1.39 bits per heavy atom. The molecule has 5 heteroatoms. The van der Waals surface area contributed by atoms with Crippen LogP contribution in [0.1, 0.15) is 26.5 Å². The number of imidazole rings is 1. The van der Waals surface area contributed by atoms with E-state index < -0.39 is 5.60 Å². The zero-order chi connectivity index (χ0) is 13.3. The monoisotopic (exact) mass is 247 g/mol. The van der Waals surface area contributed by atoms with Crippen molar-refractivity contribution in [2.24, 2.45) is 0 Å². The largest absolute Gasteiger partial charge is 0.460 e. The summed E-state index contributed by atoms with van der Waals surface area (Å²) in [6.07, 6.45) is 3.72. The Bertz CT molecular complexity index is 581. The first-order valence-corrected chi connectivity index (χ1v) is 5.78. The summed E-state index contributed by atoms with van der Waals surface area (Å²) < 4.78 is 7.05. The second-order valence-electron chi connectivity index (χ2n) is 5.22. The van der Waals surface area contributed by atoms with Crippen LogP contribution in [0.2, 0.25) is 0 Å². The maximum atomic E-state index is 11.7. The lowest BCUT2D eigenvalue weighted by Crippen LogP contribution is -2.24. The highest BCUT2D eigenvalue weighted by Gasteiger charge is 2.17. The van der Waals surface area contributed by atoms with Crippen molar-refractivity contribution < 1.29 is 9.53 Å². The minimum atomic E-state index is -0.472. The number of carbonyl (C=O) groups excluding carboxylic acids is 1. The molecule has 5 nitrogen and oxygen atoms in total. The van der Waals surface area contributed by atoms with E-state index in [1.54, 1.807) is 22.9 Å². The molecule has 0 aliphatic heterocycles. The van der Waals surface area contributed by atoms with E-state index in [4.69, 9.17) is 10.5 Å². The van der Waals surface area contributed by atoms with Gasteiger partial charge in [0.1, 0.15) is 11.2 Å². The van der Waals surface area contributed by atoms with Gasteiger partial charge in [-0.25, -0.2) is 4.98 Å². The summed E-state index contributed by atoms with van der Waals surface area (Å²) in [5.41, 5.74) is 7.30. The number of fused-ring (bicyclic) bond motifs is 1. The van der Waals surface area contributed by atoms with Gasteiger partial charge < -0.3 is 14.9 Å². The molecule has 0 spiro atoms. The number of esters is 1. The first-order valence-electron chi connectivity index (χ1n) is 5.78. The molecule has 0 saturated heterocycles. The Labute approximate surface area is 106 Å². The van der Waals surface area contributed by atoms with Gasteiger partial charge in [-0.15, -0.1) is 0 Å². The normalized spacial score (nSPS) is 11.7. The van der Waals surface area contributed by atoms with Crippen LogP contribution in [-0.2, 0) is 16.0 Å². The Kier molecular flexibility index (Phi) is 2.98. The minimum Gasteiger partial charge on any atom is -0.460 e. The van der Waals surface area contributed by atoms with Crippen LogP contribution in [0.3, 0.4) is 0 Å². The molecule has 0 bridgehead atoms. The molecular formula is C13H17N3O2. The van der Waals surface area contributed by atoms with Crippen molar-refractivity contribution in [1.29, 1.82) is 0 Å². The van der Waals surface area contributed by atoms with E-state index in [1.165, 1.54) is 0 Å². The minimum absolute atomic E-state index is 0.166. The molecule has 2 aromatic rings. The molecule has 2 rings (SSSR count). The van der Waals surface area contributed by atoms with Gasteiger partial charge in [-0.2, -0.15) is 0 Å². The van der Waals surface area contributed by atoms with E-state index in [-0.39, 0.29) is 12.4 Å². The molecule has 0 unspecified atom stereocenters. The number of hydrogen-bond acceptors (Lipinski definition) is 4. The number of hydrogen-bond donors (Lipinski definition) is 1. The molecule has 0 aliphatic carbocycles. The number of nitrogens with zero attached hydrogens (tertiary/aromatic N) is 2. The molecule has 96 valence electrons. The van der Waals surface area contributed by atoms with Crippen molar-refractivity contribution in [3.05, 3.63) is 30.2 Å². The maximum Gasteiger partial charge on any atom is 0.312 e. The lowest BCUT2D eigenvalue weighted by molar-refractivity contribution is -0.153. The van der Waals surface area contributed by atoms with Crippen LogP contribution in [0.25, 0.3) is 5.65 Å². The maximum absolute atomic E-state index is 11.7. The summed E-state index contributed by atoms with van der Waals surface area (Å²) in [5.74, 6) is -0.279. The van der Waals surface area contributed by atoms with Crippen LogP contribution in [0.4, 0.5) is 5.69 Å². The number of nitrogen functional groups attached to an aromatic ring is 1. The predicted molar refractivity (Wildman–Crippen MR) is 69.2 cm³/mol. The van der Waals surface area contributed by atoms with Crippen LogP contribution in [0, 0.1) is 0 Å². The molecule has 2 N–H and O–H groups in total. The van der Waals surface area contributed by atoms with Crippen molar-refractivity contribution in [2.75, 3.05) is 5.73 Å². The molecule has 0 atom stereocenters. The summed E-state index contributed by atoms with van der Waals surface area (Å²) in [6.45, 7) is 5.53. The van der Waals surface area contributed by atoms with Gasteiger partial charge in [0, 0.05) is 18.1 Å². The fraction of sp³-hybridized carbons (Fsp3) is 0.385. The van der Waals surface area contributed by atoms with Crippen LogP contribution in [0.5, 0.6) is 0 Å². The van der Waals surface area contributed by atoms with E-state index in [2.05, 4.69) is 4.98 Å². The van der Waals surface area contributed by atoms with Gasteiger partial charge in [-0.05, 0) is 32.9 Å². The Balaban J connectivity index is 2.15. The van der Waals surface area contributed by atoms with Crippen molar-refractivity contribution in [3.63, 3.8) is 0 Å². The molecular weight excluding hydrogens is 230 g/mol. The fourth-order valence-electron chi connectivity index (χ4n) is 1.67. The number of aromatic nitrogens is 2. The summed E-state index contributed by atoms with van der Waals surface area (Å²) in [7, 11) is 0. The van der Waals surface area contributed by atoms with E-state index in [0.29, 0.717) is 11.4 Å². The Morgan fingerprint density at radius 2 is 2.11 bits per heavy atom. The van der Waals surface area contributed by atoms with Crippen LogP contribution >= 0.6 is 0 Å². The SMILES string of the molecule is CC(C)(C)OC(=O)Cc1cn2cc(N)ccc2n1. The van der Waals surface area contributed by atoms with Crippen LogP contribution in [0.15, 0.2) is 24.5 Å². The summed E-state index contributed by atoms with van der Waals surface area (Å²) >= 11 is 0. The first kappa shape index (κ1) is 12.4. The van der Waals surface area contributed by atoms with Gasteiger partial charge in [-0.3, -0.25) is 4.79 Å². The van der Waals surface area contributed by atoms with Gasteiger partial charge in [0.2, 0.25) is 0 Å². The van der Waals surface area contributed by atoms with E-state index in [0.717, 1.165) is 5.65 Å². The van der Waals surface area contributed by atoms with Gasteiger partial charge in [-0.1, -0.05) is 0 Å². The smallest absolute Gasteiger partial charge is 0.312 e. The lowest BCUT2D eigenvalue weighted by Gasteiger charge is -2.18. The standard InChI is InChI=1S/C13H17N3O2/c1-13(2,3)18-12(17)6-10-8-16-7-9(14)4-5-11(16)15-10/h4-5,7-8H,6,14H2,1-3H3. The van der Waals surface area contributed by atoms with Crippen molar-refractivity contribution >= 4 is 17.3 Å². The third-order valence-electron chi connectivity index (χ3n) is 2.27. The highest BCUT2D eigenvalue weighted by molar-refractivity contribution is 5.72. The molecule has 0 aliphatic rings. The highest BCUT2D eigenvalue weighted by Crippen LogP contribution is 2.12. The van der Waals surface area contributed by atoms with Crippen molar-refractivity contribution in [1.82, 2.24) is 9.38 Å². The quantitative estimate of drug-likeness (QED) is 0.821. The Hall–Kier alpha value is -2.04. The average molecular weight is 247 g/mol. The van der Waals surface area contributed by atoms with Gasteiger partial charge in [0.25, 0.3) is 0 Å². The number of nitrogens with two attached hydrogens (primary N) is 1. The molecule has 0 radical (unpaired) electrons. The molecule has 18 heavy (non-hydrogen) atoms. The lowest BCUT2D eigenvalue weighted by atomic mass is 10.2. The summed E-state index contributed by atoms with van der Waals surface area (Å²) in [6, 6.07) is 3.59. The summed E-state index contributed by atoms with van der Waals surface area (Å²) in [4.78, 5) is 16.0. The van der Waals surface area contributed by atoms with E-state index in [9.17, 15) is 4.79 Å². The zero-order valence-corrected chi connectivity index (χ0v) is 10.8. The van der Waals surface area contributed by atoms with E-state index >= 15 is 0 Å². The Morgan fingerprint density at radius 3 is 2.78 bits per heavy atom. The number of pyridine rings is 1. The number of anilines is 1. The van der Waals surface area contributed by atoms with Gasteiger partial charge >= 0.3 is 5.97 Å². The average Bonchev–Trinajstić information content (AvgIpc) is 2.55. The first-order chi connectivity index (χ1) is 8.33. The number of ether oxygens (including phenoxy) is 1. The molecule has 2 heterocycles. The number of rotatable bonds is 2. The second-order valence-corrected chi connectivity index (χ2v) is 5.22. The molecule has 0 amide bonds. The van der Waals surface area contributed by atoms with E-state index in [1.807, 2.05) is 26.8 Å². The topological polar surface area (TPSA) is 69.6 Å². The highest BCUT2D eigenvalue weighted by atomic mass is 16.6. The third-order valence-corrected chi connectivity index (χ3v) is 2.27. The van der Waals surface area contributed by atoms with Crippen LogP contribution < -0.4 is 5.73 Å². The molecule has 0 fully saturated rings. The predicted octanol–water partition coefficient (Wildman–Crippen LogP) is 1.80. The number of carbonyl (C=O) groups is 1. The molecule has 0 aromatic carbocycles. The zero-order valence-electron chi connectivity index (χ0n) is 10.8.